The molecule has 0 unspecified atom stereocenters. The normalized spacial score (nSPS) is 15.2. The fourth-order valence-corrected chi connectivity index (χ4v) is 2.05. The number of nitrogens with zero attached hydrogens (tertiary/aromatic N) is 1. The first-order valence-corrected chi connectivity index (χ1v) is 6.52. The summed E-state index contributed by atoms with van der Waals surface area (Å²) in [4.78, 5) is 13.5. The van der Waals surface area contributed by atoms with E-state index in [4.69, 9.17) is 16.3 Å². The van der Waals surface area contributed by atoms with E-state index in [0.717, 1.165) is 12.0 Å². The smallest absolute Gasteiger partial charge is 0.410 e. The lowest BCUT2D eigenvalue weighted by molar-refractivity contribution is 0.0990. The maximum Gasteiger partial charge on any atom is 0.410 e. The first kappa shape index (κ1) is 13.0. The number of carbonyl (C=O) groups is 1. The van der Waals surface area contributed by atoms with E-state index in [-0.39, 0.29) is 6.09 Å². The lowest BCUT2D eigenvalue weighted by Gasteiger charge is -2.25. The van der Waals surface area contributed by atoms with E-state index in [1.54, 1.807) is 4.90 Å². The molecule has 0 radical (unpaired) electrons. The van der Waals surface area contributed by atoms with E-state index in [2.05, 4.69) is 0 Å². The molecule has 3 nitrogen and oxygen atoms in total. The Morgan fingerprint density at radius 1 is 1.33 bits per heavy atom. The minimum Gasteiger partial charge on any atom is -0.445 e. The maximum absolute atomic E-state index is 11.8. The number of benzene rings is 1. The number of ether oxygens (including phenoxy) is 1. The van der Waals surface area contributed by atoms with Gasteiger partial charge in [-0.2, -0.15) is 0 Å². The third-order valence-corrected chi connectivity index (χ3v) is 3.28. The predicted octanol–water partition coefficient (Wildman–Crippen LogP) is 3.19. The zero-order valence-electron chi connectivity index (χ0n) is 10.1. The van der Waals surface area contributed by atoms with Gasteiger partial charge in [0.1, 0.15) is 6.61 Å². The Balaban J connectivity index is 1.81. The van der Waals surface area contributed by atoms with Crippen LogP contribution in [0.5, 0.6) is 0 Å². The average molecular weight is 266 g/mol. The number of amides is 1. The zero-order valence-corrected chi connectivity index (χ0v) is 10.9. The van der Waals surface area contributed by atoms with Gasteiger partial charge in [0.15, 0.2) is 0 Å². The Kier molecular flexibility index (Phi) is 4.65. The van der Waals surface area contributed by atoms with Crippen molar-refractivity contribution in [3.05, 3.63) is 47.5 Å². The van der Waals surface area contributed by atoms with Gasteiger partial charge in [0.05, 0.1) is 0 Å². The van der Waals surface area contributed by atoms with E-state index >= 15 is 0 Å². The predicted molar refractivity (Wildman–Crippen MR) is 71.6 cm³/mol. The number of halogens is 1. The molecule has 0 saturated carbocycles. The summed E-state index contributed by atoms with van der Waals surface area (Å²) in [6.45, 7) is 1.60. The Hall–Kier alpha value is -1.48. The van der Waals surface area contributed by atoms with Crippen LogP contribution < -0.4 is 0 Å². The summed E-state index contributed by atoms with van der Waals surface area (Å²) in [5.41, 5.74) is 2.20. The highest BCUT2D eigenvalue weighted by Gasteiger charge is 2.17. The van der Waals surface area contributed by atoms with Crippen molar-refractivity contribution in [3.63, 3.8) is 0 Å². The largest absolute Gasteiger partial charge is 0.445 e. The molecule has 4 heteroatoms. The van der Waals surface area contributed by atoms with Crippen LogP contribution in [0.1, 0.15) is 12.0 Å². The summed E-state index contributed by atoms with van der Waals surface area (Å²) in [6.07, 6.45) is 2.58. The number of hydrogen-bond donors (Lipinski definition) is 0. The zero-order chi connectivity index (χ0) is 12.8. The molecule has 1 aromatic carbocycles. The second-order valence-electron chi connectivity index (χ2n) is 4.23. The van der Waals surface area contributed by atoms with Crippen LogP contribution in [0, 0.1) is 0 Å². The van der Waals surface area contributed by atoms with Crippen LogP contribution in [0.25, 0.3) is 0 Å². The molecule has 0 aromatic heterocycles. The molecule has 0 atom stereocenters. The first-order valence-electron chi connectivity index (χ1n) is 5.99. The Bertz CT molecular complexity index is 431. The molecule has 0 fully saturated rings. The molecular formula is C14H16ClNO2. The van der Waals surface area contributed by atoms with E-state index in [0.29, 0.717) is 25.6 Å². The molecule has 1 aromatic rings. The molecule has 1 aliphatic rings. The van der Waals surface area contributed by atoms with Crippen molar-refractivity contribution in [1.82, 2.24) is 4.90 Å². The lowest BCUT2D eigenvalue weighted by atomic mass is 10.1. The van der Waals surface area contributed by atoms with E-state index < -0.39 is 0 Å². The summed E-state index contributed by atoms with van der Waals surface area (Å²) < 4.78 is 5.26. The van der Waals surface area contributed by atoms with Gasteiger partial charge >= 0.3 is 6.09 Å². The number of rotatable bonds is 3. The number of carbonyl (C=O) groups excluding carboxylic acids is 1. The molecule has 0 bridgehead atoms. The standard InChI is InChI=1S/C14H16ClNO2/c15-10-12-6-8-16(9-7-12)14(17)18-11-13-4-2-1-3-5-13/h1-6H,7-11H2. The highest BCUT2D eigenvalue weighted by atomic mass is 35.5. The van der Waals surface area contributed by atoms with Crippen molar-refractivity contribution in [2.24, 2.45) is 0 Å². The highest BCUT2D eigenvalue weighted by Crippen LogP contribution is 2.13. The molecule has 0 saturated heterocycles. The number of alkyl halides is 1. The van der Waals surface area contributed by atoms with Crippen molar-refractivity contribution < 1.29 is 9.53 Å². The minimum atomic E-state index is -0.260. The molecule has 0 spiro atoms. The number of hydrogen-bond acceptors (Lipinski definition) is 2. The molecule has 1 heterocycles. The quantitative estimate of drug-likeness (QED) is 0.620. The Labute approximate surface area is 112 Å². The molecule has 1 amide bonds. The summed E-state index contributed by atoms with van der Waals surface area (Å²) in [6, 6.07) is 9.68. The van der Waals surface area contributed by atoms with Crippen molar-refractivity contribution >= 4 is 17.7 Å². The summed E-state index contributed by atoms with van der Waals surface area (Å²) >= 11 is 5.75. The maximum atomic E-state index is 11.8. The molecule has 0 N–H and O–H groups in total. The van der Waals surface area contributed by atoms with Gasteiger partial charge in [0, 0.05) is 19.0 Å². The molecule has 1 aliphatic heterocycles. The minimum absolute atomic E-state index is 0.260. The van der Waals surface area contributed by atoms with Crippen LogP contribution in [0.15, 0.2) is 42.0 Å². The van der Waals surface area contributed by atoms with Crippen LogP contribution in [-0.4, -0.2) is 30.0 Å². The third kappa shape index (κ3) is 3.50. The molecule has 96 valence electrons. The van der Waals surface area contributed by atoms with E-state index in [9.17, 15) is 4.79 Å². The van der Waals surface area contributed by atoms with E-state index in [1.807, 2.05) is 36.4 Å². The van der Waals surface area contributed by atoms with Gasteiger partial charge in [-0.25, -0.2) is 4.79 Å². The fourth-order valence-electron chi connectivity index (χ4n) is 1.81. The van der Waals surface area contributed by atoms with Gasteiger partial charge in [-0.3, -0.25) is 0 Å². The van der Waals surface area contributed by atoms with Crippen LogP contribution in [-0.2, 0) is 11.3 Å². The summed E-state index contributed by atoms with van der Waals surface area (Å²) in [5.74, 6) is 0.549. The summed E-state index contributed by atoms with van der Waals surface area (Å²) in [7, 11) is 0. The topological polar surface area (TPSA) is 29.5 Å². The van der Waals surface area contributed by atoms with Crippen molar-refractivity contribution in [2.45, 2.75) is 13.0 Å². The van der Waals surface area contributed by atoms with Crippen LogP contribution in [0.4, 0.5) is 4.79 Å². The average Bonchev–Trinajstić information content (AvgIpc) is 2.46. The first-order chi connectivity index (χ1) is 8.79. The summed E-state index contributed by atoms with van der Waals surface area (Å²) in [5, 5.41) is 0. The van der Waals surface area contributed by atoms with Crippen molar-refractivity contribution in [2.75, 3.05) is 19.0 Å². The molecule has 18 heavy (non-hydrogen) atoms. The van der Waals surface area contributed by atoms with Gasteiger partial charge < -0.3 is 9.64 Å². The fraction of sp³-hybridized carbons (Fsp3) is 0.357. The van der Waals surface area contributed by atoms with Gasteiger partial charge in [-0.15, -0.1) is 11.6 Å². The Morgan fingerprint density at radius 2 is 2.11 bits per heavy atom. The Morgan fingerprint density at radius 3 is 2.72 bits per heavy atom. The van der Waals surface area contributed by atoms with Crippen LogP contribution >= 0.6 is 11.6 Å². The second-order valence-corrected chi connectivity index (χ2v) is 4.50. The molecular weight excluding hydrogens is 250 g/mol. The van der Waals surface area contributed by atoms with Crippen molar-refractivity contribution in [1.29, 1.82) is 0 Å². The monoisotopic (exact) mass is 265 g/mol. The van der Waals surface area contributed by atoms with Gasteiger partial charge in [-0.05, 0) is 12.0 Å². The molecule has 0 aliphatic carbocycles. The van der Waals surface area contributed by atoms with Gasteiger partial charge in [0.25, 0.3) is 0 Å². The lowest BCUT2D eigenvalue weighted by Crippen LogP contribution is -2.35. The van der Waals surface area contributed by atoms with E-state index in [1.165, 1.54) is 5.57 Å². The van der Waals surface area contributed by atoms with Crippen LogP contribution in [0.3, 0.4) is 0 Å². The van der Waals surface area contributed by atoms with Crippen LogP contribution in [0.2, 0.25) is 0 Å². The van der Waals surface area contributed by atoms with Crippen molar-refractivity contribution in [3.8, 4) is 0 Å². The van der Waals surface area contributed by atoms with Gasteiger partial charge in [-0.1, -0.05) is 42.0 Å². The van der Waals surface area contributed by atoms with Gasteiger partial charge in [0.2, 0.25) is 0 Å². The third-order valence-electron chi connectivity index (χ3n) is 2.94. The second kappa shape index (κ2) is 6.45. The molecule has 2 rings (SSSR count). The highest BCUT2D eigenvalue weighted by molar-refractivity contribution is 6.19. The SMILES string of the molecule is O=C(OCc1ccccc1)N1CC=C(CCl)CC1.